The molecule has 1 N–H and O–H groups in total. The van der Waals surface area contributed by atoms with Crippen molar-refractivity contribution in [3.63, 3.8) is 0 Å². The van der Waals surface area contributed by atoms with Gasteiger partial charge in [0.15, 0.2) is 5.82 Å². The van der Waals surface area contributed by atoms with Crippen LogP contribution in [0.5, 0.6) is 0 Å². The Bertz CT molecular complexity index is 312. The van der Waals surface area contributed by atoms with E-state index in [9.17, 15) is 5.11 Å². The van der Waals surface area contributed by atoms with Crippen LogP contribution in [0, 0.1) is 6.92 Å². The highest BCUT2D eigenvalue weighted by molar-refractivity contribution is 5.39. The minimum atomic E-state index is 0.204. The second kappa shape index (κ2) is 4.57. The van der Waals surface area contributed by atoms with Crippen LogP contribution in [0.2, 0.25) is 0 Å². The lowest BCUT2D eigenvalue weighted by molar-refractivity contribution is 0.239. The highest BCUT2D eigenvalue weighted by Gasteiger charge is 2.22. The standard InChI is InChI=1S/C11H17N3O/c1-9-5-6-11(13-12-9)14-7-3-2-4-10(14)8-15/h5-6,10,15H,2-4,7-8H2,1H3. The third-order valence-electron chi connectivity index (χ3n) is 2.92. The molecule has 0 aromatic carbocycles. The summed E-state index contributed by atoms with van der Waals surface area (Å²) in [5.41, 5.74) is 0.927. The van der Waals surface area contributed by atoms with E-state index in [-0.39, 0.29) is 12.6 Å². The smallest absolute Gasteiger partial charge is 0.151 e. The fourth-order valence-electron chi connectivity index (χ4n) is 2.04. The third-order valence-corrected chi connectivity index (χ3v) is 2.92. The van der Waals surface area contributed by atoms with Crippen molar-refractivity contribution >= 4 is 5.82 Å². The summed E-state index contributed by atoms with van der Waals surface area (Å²) in [4.78, 5) is 2.16. The van der Waals surface area contributed by atoms with Crippen LogP contribution in [0.1, 0.15) is 25.0 Å². The number of hydrogen-bond acceptors (Lipinski definition) is 4. The van der Waals surface area contributed by atoms with Gasteiger partial charge in [0.2, 0.25) is 0 Å². The van der Waals surface area contributed by atoms with Gasteiger partial charge in [0.1, 0.15) is 0 Å². The van der Waals surface area contributed by atoms with Crippen LogP contribution in [0.25, 0.3) is 0 Å². The zero-order chi connectivity index (χ0) is 10.7. The average Bonchev–Trinajstić information content (AvgIpc) is 2.30. The average molecular weight is 207 g/mol. The molecule has 4 nitrogen and oxygen atoms in total. The van der Waals surface area contributed by atoms with Crippen molar-refractivity contribution in [2.75, 3.05) is 18.1 Å². The lowest BCUT2D eigenvalue weighted by Gasteiger charge is -2.35. The number of rotatable bonds is 2. The molecular weight excluding hydrogens is 190 g/mol. The van der Waals surface area contributed by atoms with Crippen molar-refractivity contribution in [1.29, 1.82) is 0 Å². The molecule has 1 saturated heterocycles. The molecule has 0 saturated carbocycles. The summed E-state index contributed by atoms with van der Waals surface area (Å²) in [7, 11) is 0. The zero-order valence-electron chi connectivity index (χ0n) is 9.06. The number of hydrogen-bond donors (Lipinski definition) is 1. The van der Waals surface area contributed by atoms with Crippen LogP contribution in [0.15, 0.2) is 12.1 Å². The van der Waals surface area contributed by atoms with Gasteiger partial charge in [0.05, 0.1) is 18.3 Å². The van der Waals surface area contributed by atoms with Gasteiger partial charge >= 0.3 is 0 Å². The maximum atomic E-state index is 9.29. The number of aromatic nitrogens is 2. The predicted octanol–water partition coefficient (Wildman–Crippen LogP) is 1.14. The SMILES string of the molecule is Cc1ccc(N2CCCCC2CO)nn1. The summed E-state index contributed by atoms with van der Waals surface area (Å²) >= 11 is 0. The van der Waals surface area contributed by atoms with Gasteiger partial charge < -0.3 is 10.0 Å². The van der Waals surface area contributed by atoms with E-state index in [4.69, 9.17) is 0 Å². The molecule has 15 heavy (non-hydrogen) atoms. The molecule has 1 aromatic heterocycles. The maximum Gasteiger partial charge on any atom is 0.151 e. The minimum absolute atomic E-state index is 0.204. The van der Waals surface area contributed by atoms with Gasteiger partial charge in [-0.2, -0.15) is 5.10 Å². The van der Waals surface area contributed by atoms with Crippen molar-refractivity contribution < 1.29 is 5.11 Å². The van der Waals surface area contributed by atoms with Crippen molar-refractivity contribution in [2.24, 2.45) is 0 Å². The summed E-state index contributed by atoms with van der Waals surface area (Å²) in [5.74, 6) is 0.888. The quantitative estimate of drug-likeness (QED) is 0.790. The van der Waals surface area contributed by atoms with Gasteiger partial charge in [-0.05, 0) is 38.3 Å². The monoisotopic (exact) mass is 207 g/mol. The second-order valence-electron chi connectivity index (χ2n) is 4.06. The van der Waals surface area contributed by atoms with E-state index in [2.05, 4.69) is 15.1 Å². The first kappa shape index (κ1) is 10.4. The van der Waals surface area contributed by atoms with E-state index in [0.29, 0.717) is 0 Å². The molecule has 0 bridgehead atoms. The summed E-state index contributed by atoms with van der Waals surface area (Å²) in [6, 6.07) is 4.16. The number of nitrogens with zero attached hydrogens (tertiary/aromatic N) is 3. The first-order valence-corrected chi connectivity index (χ1v) is 5.49. The van der Waals surface area contributed by atoms with E-state index in [1.807, 2.05) is 19.1 Å². The lowest BCUT2D eigenvalue weighted by atomic mass is 10.0. The fourth-order valence-corrected chi connectivity index (χ4v) is 2.04. The largest absolute Gasteiger partial charge is 0.394 e. The highest BCUT2D eigenvalue weighted by atomic mass is 16.3. The molecule has 1 fully saturated rings. The molecule has 0 radical (unpaired) electrons. The fraction of sp³-hybridized carbons (Fsp3) is 0.636. The van der Waals surface area contributed by atoms with E-state index in [1.54, 1.807) is 0 Å². The van der Waals surface area contributed by atoms with Crippen LogP contribution in [-0.4, -0.2) is 34.5 Å². The Balaban J connectivity index is 2.16. The van der Waals surface area contributed by atoms with E-state index in [0.717, 1.165) is 24.5 Å². The summed E-state index contributed by atoms with van der Waals surface area (Å²) < 4.78 is 0. The predicted molar refractivity (Wildman–Crippen MR) is 58.8 cm³/mol. The second-order valence-corrected chi connectivity index (χ2v) is 4.06. The summed E-state index contributed by atoms with van der Waals surface area (Å²) in [5, 5.41) is 17.5. The molecule has 1 aliphatic rings. The number of piperidine rings is 1. The molecule has 0 aliphatic carbocycles. The van der Waals surface area contributed by atoms with Crippen LogP contribution >= 0.6 is 0 Å². The minimum Gasteiger partial charge on any atom is -0.394 e. The molecule has 82 valence electrons. The summed E-state index contributed by atoms with van der Waals surface area (Å²) in [6.07, 6.45) is 3.42. The molecule has 1 aliphatic heterocycles. The maximum absolute atomic E-state index is 9.29. The molecule has 1 atom stereocenters. The zero-order valence-corrected chi connectivity index (χ0v) is 9.06. The molecule has 2 heterocycles. The molecule has 1 unspecified atom stereocenters. The van der Waals surface area contributed by atoms with Gasteiger partial charge in [-0.3, -0.25) is 0 Å². The van der Waals surface area contributed by atoms with Crippen molar-refractivity contribution in [1.82, 2.24) is 10.2 Å². The first-order valence-electron chi connectivity index (χ1n) is 5.49. The van der Waals surface area contributed by atoms with Crippen LogP contribution in [-0.2, 0) is 0 Å². The van der Waals surface area contributed by atoms with Gasteiger partial charge in [-0.15, -0.1) is 5.10 Å². The Morgan fingerprint density at radius 3 is 2.93 bits per heavy atom. The third kappa shape index (κ3) is 2.26. The lowest BCUT2D eigenvalue weighted by Crippen LogP contribution is -2.42. The number of anilines is 1. The number of aryl methyl sites for hydroxylation is 1. The van der Waals surface area contributed by atoms with Gasteiger partial charge in [-0.1, -0.05) is 0 Å². The van der Waals surface area contributed by atoms with E-state index in [1.165, 1.54) is 12.8 Å². The van der Waals surface area contributed by atoms with Crippen LogP contribution in [0.4, 0.5) is 5.82 Å². The Morgan fingerprint density at radius 1 is 1.40 bits per heavy atom. The topological polar surface area (TPSA) is 49.2 Å². The van der Waals surface area contributed by atoms with Crippen molar-refractivity contribution in [2.45, 2.75) is 32.2 Å². The molecule has 1 aromatic rings. The Labute approximate surface area is 89.9 Å². The molecular formula is C11H17N3O. The van der Waals surface area contributed by atoms with Crippen molar-refractivity contribution in [3.8, 4) is 0 Å². The molecule has 0 amide bonds. The molecule has 2 rings (SSSR count). The van der Waals surface area contributed by atoms with Gasteiger partial charge in [0, 0.05) is 6.54 Å². The van der Waals surface area contributed by atoms with Crippen molar-refractivity contribution in [3.05, 3.63) is 17.8 Å². The molecule has 4 heteroatoms. The Hall–Kier alpha value is -1.16. The Morgan fingerprint density at radius 2 is 2.27 bits per heavy atom. The van der Waals surface area contributed by atoms with Crippen LogP contribution in [0.3, 0.4) is 0 Å². The van der Waals surface area contributed by atoms with E-state index >= 15 is 0 Å². The van der Waals surface area contributed by atoms with Gasteiger partial charge in [0.25, 0.3) is 0 Å². The highest BCUT2D eigenvalue weighted by Crippen LogP contribution is 2.22. The Kier molecular flexibility index (Phi) is 3.16. The first-order chi connectivity index (χ1) is 7.31. The molecule has 0 spiro atoms. The normalized spacial score (nSPS) is 21.7. The number of aliphatic hydroxyl groups is 1. The summed E-state index contributed by atoms with van der Waals surface area (Å²) in [6.45, 7) is 3.11. The number of aliphatic hydroxyl groups excluding tert-OH is 1. The van der Waals surface area contributed by atoms with Gasteiger partial charge in [-0.25, -0.2) is 0 Å². The van der Waals surface area contributed by atoms with E-state index < -0.39 is 0 Å². The van der Waals surface area contributed by atoms with Crippen LogP contribution < -0.4 is 4.90 Å².